The van der Waals surface area contributed by atoms with Crippen molar-refractivity contribution in [3.05, 3.63) is 169 Å². The van der Waals surface area contributed by atoms with Gasteiger partial charge in [0.05, 0.1) is 13.6 Å². The van der Waals surface area contributed by atoms with Crippen LogP contribution in [0, 0.1) is 10.8 Å². The van der Waals surface area contributed by atoms with Crippen molar-refractivity contribution in [3.63, 3.8) is 0 Å². The highest BCUT2D eigenvalue weighted by Gasteiger charge is 2.44. The highest BCUT2D eigenvalue weighted by Crippen LogP contribution is 2.56. The monoisotopic (exact) mass is 773 g/mol. The van der Waals surface area contributed by atoms with Gasteiger partial charge in [0.15, 0.2) is 0 Å². The van der Waals surface area contributed by atoms with Gasteiger partial charge in [-0.2, -0.15) is 0 Å². The topological polar surface area (TPSA) is 27.3 Å². The summed E-state index contributed by atoms with van der Waals surface area (Å²) in [5.41, 5.74) is 7.92. The van der Waals surface area contributed by atoms with Gasteiger partial charge in [-0.15, -0.1) is 0 Å². The van der Waals surface area contributed by atoms with Gasteiger partial charge in [0.25, 0.3) is 0 Å². The molecule has 1 aliphatic heterocycles. The number of benzene rings is 6. The van der Waals surface area contributed by atoms with Crippen LogP contribution in [0.25, 0.3) is 11.1 Å². The van der Waals surface area contributed by atoms with E-state index in [2.05, 4.69) is 215 Å². The fraction of sp³-hybridized carbons (Fsp3) is 0.321. The zero-order valence-electron chi connectivity index (χ0n) is 36.1. The standard InChI is InChI=1S/C53H63N3P/c1-52(2,3)39-54-42-31-33-47-48-34-32-43(55-40-53(4,5)6)38-50(48)56(51(49(47)37-42)41-23-13-9-14-24-41)35-21-7-8-22-36-57(44-25-15-10-16-26-44,45-27-17-11-18-28-45)46-29-19-12-20-30-46/h9-20,23-34,37-38,51,54-55H,7-8,21-22,35-36,39-40H2,1-6H3/q+1/i51D. The van der Waals surface area contributed by atoms with E-state index in [4.69, 9.17) is 0 Å². The van der Waals surface area contributed by atoms with E-state index >= 15 is 0 Å². The zero-order valence-corrected chi connectivity index (χ0v) is 36.0. The predicted octanol–water partition coefficient (Wildman–Crippen LogP) is 12.7. The first kappa shape index (κ1) is 39.0. The Morgan fingerprint density at radius 3 is 1.49 bits per heavy atom. The first-order chi connectivity index (χ1) is 27.9. The molecule has 0 fully saturated rings. The highest BCUT2D eigenvalue weighted by atomic mass is 31.2. The van der Waals surface area contributed by atoms with Crippen molar-refractivity contribution >= 4 is 40.2 Å². The summed E-state index contributed by atoms with van der Waals surface area (Å²) in [4.78, 5) is 2.41. The van der Waals surface area contributed by atoms with Crippen molar-refractivity contribution in [2.75, 3.05) is 41.3 Å². The molecular weight excluding hydrogens is 710 g/mol. The highest BCUT2D eigenvalue weighted by molar-refractivity contribution is 7.95. The van der Waals surface area contributed by atoms with Gasteiger partial charge in [-0.05, 0) is 107 Å². The third-order valence-corrected chi connectivity index (χ3v) is 15.6. The molecule has 7 rings (SSSR count). The number of fused-ring (bicyclic) bond motifs is 3. The number of nitrogens with zero attached hydrogens (tertiary/aromatic N) is 1. The third-order valence-electron chi connectivity index (χ3n) is 11.0. The number of hydrogen-bond donors (Lipinski definition) is 2. The Morgan fingerprint density at radius 1 is 0.526 bits per heavy atom. The van der Waals surface area contributed by atoms with E-state index in [0.29, 0.717) is 0 Å². The van der Waals surface area contributed by atoms with Crippen molar-refractivity contribution in [2.24, 2.45) is 10.8 Å². The van der Waals surface area contributed by atoms with Crippen LogP contribution in [-0.4, -0.2) is 25.8 Å². The van der Waals surface area contributed by atoms with E-state index < -0.39 is 13.3 Å². The Morgan fingerprint density at radius 2 is 0.982 bits per heavy atom. The Balaban J connectivity index is 1.20. The molecular formula is C53H63N3P+. The summed E-state index contributed by atoms with van der Waals surface area (Å²) in [5.74, 6) is 0. The number of anilines is 3. The molecule has 1 aliphatic rings. The van der Waals surface area contributed by atoms with E-state index in [1.807, 2.05) is 0 Å². The van der Waals surface area contributed by atoms with Crippen LogP contribution in [0.5, 0.6) is 0 Å². The van der Waals surface area contributed by atoms with Gasteiger partial charge in [0, 0.05) is 42.3 Å². The molecule has 3 nitrogen and oxygen atoms in total. The summed E-state index contributed by atoms with van der Waals surface area (Å²) in [7, 11) is -1.87. The molecule has 6 aromatic rings. The van der Waals surface area contributed by atoms with Gasteiger partial charge in [0.1, 0.15) is 23.2 Å². The van der Waals surface area contributed by atoms with Crippen LogP contribution < -0.4 is 31.4 Å². The number of rotatable bonds is 15. The maximum atomic E-state index is 10.7. The van der Waals surface area contributed by atoms with Crippen molar-refractivity contribution in [2.45, 2.75) is 73.2 Å². The minimum Gasteiger partial charge on any atom is -0.385 e. The first-order valence-corrected chi connectivity index (χ1v) is 23.0. The third kappa shape index (κ3) is 9.65. The van der Waals surface area contributed by atoms with Gasteiger partial charge in [0.2, 0.25) is 0 Å². The zero-order chi connectivity index (χ0) is 40.8. The lowest BCUT2D eigenvalue weighted by molar-refractivity contribution is 0.443. The lowest BCUT2D eigenvalue weighted by Gasteiger charge is -2.41. The van der Waals surface area contributed by atoms with Crippen LogP contribution in [-0.2, 0) is 0 Å². The summed E-state index contributed by atoms with van der Waals surface area (Å²) < 4.78 is 10.7. The maximum absolute atomic E-state index is 10.7. The lowest BCUT2D eigenvalue weighted by atomic mass is 9.84. The quantitative estimate of drug-likeness (QED) is 0.0804. The van der Waals surface area contributed by atoms with Crippen LogP contribution in [0.1, 0.15) is 85.7 Å². The second-order valence-electron chi connectivity index (χ2n) is 18.1. The predicted molar refractivity (Wildman–Crippen MR) is 252 cm³/mol. The largest absolute Gasteiger partial charge is 0.385 e. The summed E-state index contributed by atoms with van der Waals surface area (Å²) in [6, 6.07) is 56.7. The van der Waals surface area contributed by atoms with E-state index in [-0.39, 0.29) is 10.8 Å². The van der Waals surface area contributed by atoms with Gasteiger partial charge in [-0.25, -0.2) is 0 Å². The van der Waals surface area contributed by atoms with E-state index in [0.717, 1.165) is 85.2 Å². The molecule has 294 valence electrons. The molecule has 0 saturated heterocycles. The molecule has 0 spiro atoms. The SMILES string of the molecule is [2H]C1(c2ccccc2)c2cc(NCC(C)(C)C)ccc2-c2ccc(NCC(C)(C)C)cc2N1CCCCCC[P+](c1ccccc1)(c1ccccc1)c1ccccc1. The second kappa shape index (κ2) is 17.7. The van der Waals surface area contributed by atoms with Crippen LogP contribution >= 0.6 is 7.26 Å². The number of nitrogens with one attached hydrogen (secondary N) is 2. The van der Waals surface area contributed by atoms with Crippen molar-refractivity contribution in [1.82, 2.24) is 0 Å². The molecule has 0 amide bonds. The van der Waals surface area contributed by atoms with E-state index in [9.17, 15) is 1.37 Å². The van der Waals surface area contributed by atoms with Crippen molar-refractivity contribution in [3.8, 4) is 11.1 Å². The van der Waals surface area contributed by atoms with Crippen LogP contribution in [0.15, 0.2) is 158 Å². The molecule has 0 bridgehead atoms. The van der Waals surface area contributed by atoms with Gasteiger partial charge >= 0.3 is 0 Å². The molecule has 0 radical (unpaired) electrons. The molecule has 1 unspecified atom stereocenters. The Kier molecular flexibility index (Phi) is 12.1. The van der Waals surface area contributed by atoms with Crippen LogP contribution in [0.3, 0.4) is 0 Å². The summed E-state index contributed by atoms with van der Waals surface area (Å²) in [5, 5.41) is 11.8. The molecule has 6 aromatic carbocycles. The molecule has 0 saturated carbocycles. The molecule has 0 aromatic heterocycles. The normalized spacial score (nSPS) is 15.7. The minimum atomic E-state index is -1.87. The molecule has 4 heteroatoms. The molecule has 2 N–H and O–H groups in total. The molecule has 1 atom stereocenters. The molecule has 57 heavy (non-hydrogen) atoms. The second-order valence-corrected chi connectivity index (χ2v) is 21.8. The smallest absolute Gasteiger partial charge is 0.112 e. The summed E-state index contributed by atoms with van der Waals surface area (Å²) >= 11 is 0. The fourth-order valence-corrected chi connectivity index (χ4v) is 12.6. The van der Waals surface area contributed by atoms with Gasteiger partial charge in [-0.3, -0.25) is 0 Å². The summed E-state index contributed by atoms with van der Waals surface area (Å²) in [6.07, 6.45) is 5.50. The van der Waals surface area contributed by atoms with Gasteiger partial charge in [-0.1, -0.05) is 145 Å². The summed E-state index contributed by atoms with van der Waals surface area (Å²) in [6.45, 7) is 16.1. The van der Waals surface area contributed by atoms with Gasteiger partial charge < -0.3 is 15.5 Å². The first-order valence-electron chi connectivity index (χ1n) is 21.5. The number of hydrogen-bond acceptors (Lipinski definition) is 3. The average molecular weight is 774 g/mol. The van der Waals surface area contributed by atoms with Crippen LogP contribution in [0.2, 0.25) is 0 Å². The van der Waals surface area contributed by atoms with Crippen molar-refractivity contribution in [1.29, 1.82) is 0 Å². The van der Waals surface area contributed by atoms with E-state index in [1.54, 1.807) is 0 Å². The Hall–Kier alpha value is -4.85. The minimum absolute atomic E-state index is 0.132. The Bertz CT molecular complexity index is 2130. The average Bonchev–Trinajstić information content (AvgIpc) is 3.23. The van der Waals surface area contributed by atoms with Crippen LogP contribution in [0.4, 0.5) is 17.1 Å². The Labute approximate surface area is 345 Å². The molecule has 1 heterocycles. The van der Waals surface area contributed by atoms with Crippen molar-refractivity contribution < 1.29 is 1.37 Å². The fourth-order valence-electron chi connectivity index (χ4n) is 8.17. The van der Waals surface area contributed by atoms with E-state index in [1.165, 1.54) is 21.5 Å². The maximum Gasteiger partial charge on any atom is 0.112 e. The lowest BCUT2D eigenvalue weighted by Crippen LogP contribution is -2.34. The number of unbranched alkanes of at least 4 members (excludes halogenated alkanes) is 3. The molecule has 0 aliphatic carbocycles.